The van der Waals surface area contributed by atoms with E-state index in [-0.39, 0.29) is 0 Å². The number of para-hydroxylation sites is 1. The lowest BCUT2D eigenvalue weighted by atomic mass is 9.75. The molecule has 0 fully saturated rings. The Balaban J connectivity index is 2.10. The third kappa shape index (κ3) is 6.82. The summed E-state index contributed by atoms with van der Waals surface area (Å²) in [6.07, 6.45) is 4.71. The van der Waals surface area contributed by atoms with Crippen LogP contribution in [0.3, 0.4) is 0 Å². The third-order valence-electron chi connectivity index (χ3n) is 7.08. The number of hydrogen-bond acceptors (Lipinski definition) is 6. The number of carbonyl (C=O) groups is 1. The van der Waals surface area contributed by atoms with Crippen LogP contribution in [0, 0.1) is 7.14 Å². The smallest absolute Gasteiger partial charge is 0.329 e. The first-order valence-electron chi connectivity index (χ1n) is 13.1. The number of nitrogens with zero attached hydrogens (tertiary/aromatic N) is 1. The van der Waals surface area contributed by atoms with Crippen LogP contribution in [0.5, 0.6) is 5.75 Å². The first-order valence-corrected chi connectivity index (χ1v) is 16.6. The first-order chi connectivity index (χ1) is 18.2. The molecule has 0 aliphatic rings. The zero-order valence-electron chi connectivity index (χ0n) is 22.6. The fraction of sp³-hybridized carbons (Fsp3) is 0.483. The van der Waals surface area contributed by atoms with Crippen LogP contribution in [0.4, 0.5) is 0 Å². The third-order valence-corrected chi connectivity index (χ3v) is 9.35. The predicted molar refractivity (Wildman–Crippen MR) is 175 cm³/mol. The summed E-state index contributed by atoms with van der Waals surface area (Å²) in [6, 6.07) is 11.6. The average Bonchev–Trinajstić information content (AvgIpc) is 3.27. The number of rotatable bonds is 15. The second-order valence-electron chi connectivity index (χ2n) is 9.37. The minimum Gasteiger partial charge on any atom is -0.490 e. The standard InChI is InChI=1S/C29H38I2N2O4S/c1-5-8-12-25-26(20-11-9-10-13-24(20)37-25)21(18-38-4)29(32,28(34)35)19-16-22(30)27(23(31)17-19)36-15-14-33(6-2)7-3/h9-11,13,16-17,21H,5-8,12,14-15,18,32H2,1-4H3,(H,34,35). The Morgan fingerprint density at radius 1 is 1.18 bits per heavy atom. The van der Waals surface area contributed by atoms with Crippen molar-refractivity contribution < 1.29 is 19.1 Å². The highest BCUT2D eigenvalue weighted by atomic mass is 127. The van der Waals surface area contributed by atoms with Gasteiger partial charge in [0.2, 0.25) is 0 Å². The normalized spacial score (nSPS) is 14.1. The van der Waals surface area contributed by atoms with Crippen LogP contribution in [0.25, 0.3) is 11.0 Å². The molecule has 2 unspecified atom stereocenters. The number of carboxylic acid groups (broad SMARTS) is 1. The van der Waals surface area contributed by atoms with Crippen molar-refractivity contribution in [1.82, 2.24) is 4.90 Å². The molecule has 208 valence electrons. The van der Waals surface area contributed by atoms with Crippen molar-refractivity contribution in [2.45, 2.75) is 51.5 Å². The van der Waals surface area contributed by atoms with Crippen molar-refractivity contribution in [3.8, 4) is 5.75 Å². The highest BCUT2D eigenvalue weighted by Crippen LogP contribution is 2.45. The molecule has 2 atom stereocenters. The number of unbranched alkanes of at least 4 members (excludes halogenated alkanes) is 1. The van der Waals surface area contributed by atoms with E-state index >= 15 is 0 Å². The van der Waals surface area contributed by atoms with Gasteiger partial charge < -0.3 is 24.9 Å². The Morgan fingerprint density at radius 2 is 1.84 bits per heavy atom. The molecule has 3 rings (SSSR count). The average molecular weight is 765 g/mol. The van der Waals surface area contributed by atoms with Gasteiger partial charge in [-0.2, -0.15) is 11.8 Å². The highest BCUT2D eigenvalue weighted by molar-refractivity contribution is 14.1. The number of hydrogen-bond donors (Lipinski definition) is 2. The molecule has 0 saturated carbocycles. The van der Waals surface area contributed by atoms with Gasteiger partial charge in [-0.15, -0.1) is 0 Å². The van der Waals surface area contributed by atoms with Crippen LogP contribution < -0.4 is 10.5 Å². The molecule has 0 amide bonds. The lowest BCUT2D eigenvalue weighted by Crippen LogP contribution is -2.51. The zero-order valence-corrected chi connectivity index (χ0v) is 27.7. The van der Waals surface area contributed by atoms with Gasteiger partial charge in [0.25, 0.3) is 0 Å². The predicted octanol–water partition coefficient (Wildman–Crippen LogP) is 7.09. The number of likely N-dealkylation sites (N-methyl/N-ethyl adjacent to an activating group) is 1. The number of aryl methyl sites for hydroxylation is 1. The van der Waals surface area contributed by atoms with Gasteiger partial charge in [-0.25, -0.2) is 4.79 Å². The summed E-state index contributed by atoms with van der Waals surface area (Å²) < 4.78 is 14.2. The highest BCUT2D eigenvalue weighted by Gasteiger charge is 2.47. The molecule has 1 aromatic heterocycles. The summed E-state index contributed by atoms with van der Waals surface area (Å²) >= 11 is 6.06. The van der Waals surface area contributed by atoms with E-state index in [2.05, 4.69) is 70.9 Å². The number of aliphatic carboxylic acids is 1. The van der Waals surface area contributed by atoms with Crippen molar-refractivity contribution >= 4 is 73.9 Å². The number of thioether (sulfide) groups is 1. The van der Waals surface area contributed by atoms with Crippen LogP contribution in [0.2, 0.25) is 0 Å². The Kier molecular flexibility index (Phi) is 12.1. The van der Waals surface area contributed by atoms with Crippen molar-refractivity contribution in [2.75, 3.05) is 38.2 Å². The van der Waals surface area contributed by atoms with Crippen LogP contribution >= 0.6 is 56.9 Å². The Hall–Kier alpha value is -1.02. The Labute approximate surface area is 257 Å². The quantitative estimate of drug-likeness (QED) is 0.160. The number of nitrogens with two attached hydrogens (primary N) is 1. The van der Waals surface area contributed by atoms with Gasteiger partial charge in [0.1, 0.15) is 29.2 Å². The summed E-state index contributed by atoms with van der Waals surface area (Å²) in [6.45, 7) is 9.77. The second kappa shape index (κ2) is 14.6. The maximum atomic E-state index is 13.1. The summed E-state index contributed by atoms with van der Waals surface area (Å²) in [4.78, 5) is 15.4. The summed E-state index contributed by atoms with van der Waals surface area (Å²) in [7, 11) is 0. The largest absolute Gasteiger partial charge is 0.490 e. The molecule has 0 bridgehead atoms. The molecule has 3 aromatic rings. The maximum absolute atomic E-state index is 13.1. The minimum atomic E-state index is -1.66. The fourth-order valence-electron chi connectivity index (χ4n) is 4.86. The zero-order chi connectivity index (χ0) is 27.9. The van der Waals surface area contributed by atoms with Gasteiger partial charge in [-0.05, 0) is 94.7 Å². The Morgan fingerprint density at radius 3 is 2.42 bits per heavy atom. The van der Waals surface area contributed by atoms with Crippen molar-refractivity contribution in [1.29, 1.82) is 0 Å². The molecule has 1 heterocycles. The molecular weight excluding hydrogens is 726 g/mol. The van der Waals surface area contributed by atoms with E-state index in [0.717, 1.165) is 74.1 Å². The molecule has 0 aliphatic carbocycles. The van der Waals surface area contributed by atoms with Crippen LogP contribution in [0.15, 0.2) is 40.8 Å². The molecule has 3 N–H and O–H groups in total. The number of carboxylic acids is 1. The number of benzene rings is 2. The van der Waals surface area contributed by atoms with E-state index in [9.17, 15) is 9.90 Å². The van der Waals surface area contributed by atoms with Gasteiger partial charge in [0, 0.05) is 35.6 Å². The number of furan rings is 1. The molecule has 0 aliphatic heterocycles. The number of fused-ring (bicyclic) bond motifs is 1. The van der Waals surface area contributed by atoms with Crippen molar-refractivity contribution in [2.24, 2.45) is 5.73 Å². The SMILES string of the molecule is CCCCc1oc2ccccc2c1C(CSC)C(N)(C(=O)O)c1cc(I)c(OCCN(CC)CC)c(I)c1. The van der Waals surface area contributed by atoms with Gasteiger partial charge in [-0.1, -0.05) is 45.4 Å². The fourth-order valence-corrected chi connectivity index (χ4v) is 7.70. The molecule has 0 spiro atoms. The summed E-state index contributed by atoms with van der Waals surface area (Å²) in [5.74, 6) is 0.606. The lowest BCUT2D eigenvalue weighted by Gasteiger charge is -2.35. The van der Waals surface area contributed by atoms with E-state index in [4.69, 9.17) is 14.9 Å². The van der Waals surface area contributed by atoms with Crippen LogP contribution in [-0.4, -0.2) is 54.2 Å². The minimum absolute atomic E-state index is 0.494. The van der Waals surface area contributed by atoms with E-state index in [1.54, 1.807) is 11.8 Å². The van der Waals surface area contributed by atoms with Gasteiger partial charge in [0.05, 0.1) is 7.14 Å². The Bertz CT molecular complexity index is 1210. The molecule has 9 heteroatoms. The number of halogens is 2. The molecule has 2 aromatic carbocycles. The molecule has 0 saturated heterocycles. The topological polar surface area (TPSA) is 88.9 Å². The monoisotopic (exact) mass is 764 g/mol. The maximum Gasteiger partial charge on any atom is 0.329 e. The van der Waals surface area contributed by atoms with Gasteiger partial charge in [-0.3, -0.25) is 0 Å². The number of ether oxygens (including phenoxy) is 1. The van der Waals surface area contributed by atoms with Crippen LogP contribution in [-0.2, 0) is 16.8 Å². The van der Waals surface area contributed by atoms with Crippen molar-refractivity contribution in [3.05, 3.63) is 60.4 Å². The summed E-state index contributed by atoms with van der Waals surface area (Å²) in [5, 5.41) is 11.7. The van der Waals surface area contributed by atoms with E-state index < -0.39 is 17.4 Å². The van der Waals surface area contributed by atoms with Gasteiger partial charge in [0.15, 0.2) is 0 Å². The van der Waals surface area contributed by atoms with E-state index in [1.165, 1.54) is 0 Å². The van der Waals surface area contributed by atoms with E-state index in [1.807, 2.05) is 42.7 Å². The lowest BCUT2D eigenvalue weighted by molar-refractivity contribution is -0.144. The molecular formula is C29H38I2N2O4S. The first kappa shape index (κ1) is 31.5. The summed E-state index contributed by atoms with van der Waals surface area (Å²) in [5.41, 5.74) is 7.63. The van der Waals surface area contributed by atoms with Crippen LogP contribution in [0.1, 0.15) is 56.4 Å². The van der Waals surface area contributed by atoms with E-state index in [0.29, 0.717) is 17.9 Å². The molecule has 0 radical (unpaired) electrons. The second-order valence-corrected chi connectivity index (χ2v) is 12.6. The van der Waals surface area contributed by atoms with Gasteiger partial charge >= 0.3 is 5.97 Å². The van der Waals surface area contributed by atoms with Crippen molar-refractivity contribution in [3.63, 3.8) is 0 Å². The molecule has 6 nitrogen and oxygen atoms in total. The molecule has 38 heavy (non-hydrogen) atoms.